The fourth-order valence-corrected chi connectivity index (χ4v) is 1.73. The molecule has 102 valence electrons. The lowest BCUT2D eigenvalue weighted by molar-refractivity contribution is 0.104. The first-order chi connectivity index (χ1) is 9.60. The van der Waals surface area contributed by atoms with Crippen LogP contribution in [0.5, 0.6) is 17.2 Å². The first kappa shape index (κ1) is 13.7. The van der Waals surface area contributed by atoms with Crippen LogP contribution in [0.2, 0.25) is 0 Å². The number of aromatic hydroxyl groups is 2. The molecule has 2 rings (SSSR count). The van der Waals surface area contributed by atoms with Crippen molar-refractivity contribution in [2.24, 2.45) is 0 Å². The second-order valence-electron chi connectivity index (χ2n) is 4.17. The second-order valence-corrected chi connectivity index (χ2v) is 4.17. The van der Waals surface area contributed by atoms with E-state index in [1.54, 1.807) is 30.3 Å². The van der Waals surface area contributed by atoms with Gasteiger partial charge in [0, 0.05) is 6.07 Å². The Kier molecular flexibility index (Phi) is 4.05. The van der Waals surface area contributed by atoms with E-state index >= 15 is 0 Å². The van der Waals surface area contributed by atoms with Crippen LogP contribution in [0.25, 0.3) is 6.08 Å². The number of methoxy groups -OCH3 is 1. The number of phenolic OH excluding ortho intramolecular Hbond substituents is 2. The monoisotopic (exact) mass is 270 g/mol. The summed E-state index contributed by atoms with van der Waals surface area (Å²) in [4.78, 5) is 12.1. The van der Waals surface area contributed by atoms with Crippen molar-refractivity contribution in [3.63, 3.8) is 0 Å². The average molecular weight is 270 g/mol. The topological polar surface area (TPSA) is 66.8 Å². The molecule has 2 aromatic carbocycles. The van der Waals surface area contributed by atoms with Crippen molar-refractivity contribution in [3.05, 3.63) is 59.7 Å². The Morgan fingerprint density at radius 2 is 1.70 bits per heavy atom. The van der Waals surface area contributed by atoms with Crippen molar-refractivity contribution in [1.29, 1.82) is 0 Å². The minimum Gasteiger partial charge on any atom is -0.508 e. The van der Waals surface area contributed by atoms with E-state index in [1.165, 1.54) is 31.4 Å². The van der Waals surface area contributed by atoms with E-state index in [-0.39, 0.29) is 17.3 Å². The highest BCUT2D eigenvalue weighted by Crippen LogP contribution is 2.24. The number of phenols is 2. The smallest absolute Gasteiger partial charge is 0.189 e. The van der Waals surface area contributed by atoms with Gasteiger partial charge in [-0.2, -0.15) is 0 Å². The third kappa shape index (κ3) is 3.17. The van der Waals surface area contributed by atoms with Crippen LogP contribution in [0.15, 0.2) is 48.5 Å². The molecule has 0 heterocycles. The normalized spacial score (nSPS) is 10.7. The molecule has 0 aliphatic rings. The lowest BCUT2D eigenvalue weighted by Gasteiger charge is -2.05. The Morgan fingerprint density at radius 3 is 2.35 bits per heavy atom. The summed E-state index contributed by atoms with van der Waals surface area (Å²) in [6.45, 7) is 0. The van der Waals surface area contributed by atoms with Gasteiger partial charge < -0.3 is 14.9 Å². The fraction of sp³-hybridized carbons (Fsp3) is 0.0625. The SMILES string of the molecule is COc1cc(O)ccc1C(=O)C=Cc1ccc(O)cc1. The number of carbonyl (C=O) groups is 1. The molecule has 0 spiro atoms. The Balaban J connectivity index is 2.22. The van der Waals surface area contributed by atoms with E-state index in [2.05, 4.69) is 0 Å². The molecule has 0 aromatic heterocycles. The number of benzene rings is 2. The van der Waals surface area contributed by atoms with E-state index in [0.717, 1.165) is 5.56 Å². The van der Waals surface area contributed by atoms with Gasteiger partial charge in [0.05, 0.1) is 12.7 Å². The number of hydrogen-bond acceptors (Lipinski definition) is 4. The molecule has 0 unspecified atom stereocenters. The molecular weight excluding hydrogens is 256 g/mol. The molecule has 0 fully saturated rings. The van der Waals surface area contributed by atoms with Gasteiger partial charge in [0.25, 0.3) is 0 Å². The van der Waals surface area contributed by atoms with Gasteiger partial charge in [0.2, 0.25) is 0 Å². The molecule has 0 saturated carbocycles. The van der Waals surface area contributed by atoms with Crippen LogP contribution in [-0.4, -0.2) is 23.1 Å². The molecule has 0 radical (unpaired) electrons. The predicted octanol–water partition coefficient (Wildman–Crippen LogP) is 3.00. The molecule has 0 saturated heterocycles. The zero-order chi connectivity index (χ0) is 14.5. The molecule has 0 bridgehead atoms. The lowest BCUT2D eigenvalue weighted by Crippen LogP contribution is -1.98. The minimum absolute atomic E-state index is 0.0425. The second kappa shape index (κ2) is 5.93. The largest absolute Gasteiger partial charge is 0.508 e. The third-order valence-electron chi connectivity index (χ3n) is 2.77. The first-order valence-corrected chi connectivity index (χ1v) is 5.98. The van der Waals surface area contributed by atoms with Crippen LogP contribution in [0.3, 0.4) is 0 Å². The average Bonchev–Trinajstić information content (AvgIpc) is 2.46. The quantitative estimate of drug-likeness (QED) is 0.662. The van der Waals surface area contributed by atoms with E-state index < -0.39 is 0 Å². The van der Waals surface area contributed by atoms with Crippen LogP contribution in [-0.2, 0) is 0 Å². The predicted molar refractivity (Wildman–Crippen MR) is 76.1 cm³/mol. The molecule has 0 amide bonds. The number of ether oxygens (including phenoxy) is 1. The van der Waals surface area contributed by atoms with Crippen molar-refractivity contribution < 1.29 is 19.7 Å². The summed E-state index contributed by atoms with van der Waals surface area (Å²) in [6.07, 6.45) is 3.06. The Labute approximate surface area is 116 Å². The van der Waals surface area contributed by atoms with Gasteiger partial charge in [-0.3, -0.25) is 4.79 Å². The van der Waals surface area contributed by atoms with Gasteiger partial charge in [-0.1, -0.05) is 18.2 Å². The summed E-state index contributed by atoms with van der Waals surface area (Å²) in [6, 6.07) is 10.8. The highest BCUT2D eigenvalue weighted by molar-refractivity contribution is 6.08. The van der Waals surface area contributed by atoms with E-state index in [4.69, 9.17) is 4.74 Å². The molecule has 0 atom stereocenters. The molecule has 0 aliphatic carbocycles. The van der Waals surface area contributed by atoms with Gasteiger partial charge in [-0.05, 0) is 35.9 Å². The summed E-state index contributed by atoms with van der Waals surface area (Å²) in [5.74, 6) is 0.315. The Hall–Kier alpha value is -2.75. The molecule has 4 nitrogen and oxygen atoms in total. The minimum atomic E-state index is -0.227. The fourth-order valence-electron chi connectivity index (χ4n) is 1.73. The van der Waals surface area contributed by atoms with Gasteiger partial charge in [-0.15, -0.1) is 0 Å². The number of rotatable bonds is 4. The molecule has 0 aliphatic heterocycles. The molecule has 4 heteroatoms. The van der Waals surface area contributed by atoms with Crippen molar-refractivity contribution in [1.82, 2.24) is 0 Å². The highest BCUT2D eigenvalue weighted by Gasteiger charge is 2.10. The van der Waals surface area contributed by atoms with Gasteiger partial charge in [-0.25, -0.2) is 0 Å². The third-order valence-corrected chi connectivity index (χ3v) is 2.77. The van der Waals surface area contributed by atoms with Gasteiger partial charge >= 0.3 is 0 Å². The molecule has 2 N–H and O–H groups in total. The summed E-state index contributed by atoms with van der Waals surface area (Å²) >= 11 is 0. The van der Waals surface area contributed by atoms with Crippen LogP contribution < -0.4 is 4.74 Å². The number of hydrogen-bond donors (Lipinski definition) is 2. The van der Waals surface area contributed by atoms with Gasteiger partial charge in [0.15, 0.2) is 5.78 Å². The summed E-state index contributed by atoms with van der Waals surface area (Å²) in [5.41, 5.74) is 1.18. The summed E-state index contributed by atoms with van der Waals surface area (Å²) in [5, 5.41) is 18.5. The Bertz CT molecular complexity index is 642. The first-order valence-electron chi connectivity index (χ1n) is 5.98. The highest BCUT2D eigenvalue weighted by atomic mass is 16.5. The zero-order valence-electron chi connectivity index (χ0n) is 10.9. The van der Waals surface area contributed by atoms with Crippen molar-refractivity contribution >= 4 is 11.9 Å². The number of carbonyl (C=O) groups excluding carboxylic acids is 1. The maximum Gasteiger partial charge on any atom is 0.189 e. The maximum absolute atomic E-state index is 12.1. The lowest BCUT2D eigenvalue weighted by atomic mass is 10.1. The van der Waals surface area contributed by atoms with Crippen LogP contribution in [0.1, 0.15) is 15.9 Å². The van der Waals surface area contributed by atoms with Crippen molar-refractivity contribution in [3.8, 4) is 17.2 Å². The Morgan fingerprint density at radius 1 is 1.05 bits per heavy atom. The van der Waals surface area contributed by atoms with E-state index in [1.807, 2.05) is 0 Å². The van der Waals surface area contributed by atoms with Crippen molar-refractivity contribution in [2.75, 3.05) is 7.11 Å². The zero-order valence-corrected chi connectivity index (χ0v) is 10.9. The van der Waals surface area contributed by atoms with E-state index in [0.29, 0.717) is 11.3 Å². The van der Waals surface area contributed by atoms with Crippen LogP contribution in [0, 0.1) is 0 Å². The van der Waals surface area contributed by atoms with Gasteiger partial charge in [0.1, 0.15) is 17.2 Å². The van der Waals surface area contributed by atoms with Crippen LogP contribution >= 0.6 is 0 Å². The molecular formula is C16H14O4. The standard InChI is InChI=1S/C16H14O4/c1-20-16-10-13(18)7-8-14(16)15(19)9-4-11-2-5-12(17)6-3-11/h2-10,17-18H,1H3. The van der Waals surface area contributed by atoms with Crippen LogP contribution in [0.4, 0.5) is 0 Å². The van der Waals surface area contributed by atoms with E-state index in [9.17, 15) is 15.0 Å². The number of allylic oxidation sites excluding steroid dienone is 1. The van der Waals surface area contributed by atoms with Crippen molar-refractivity contribution in [2.45, 2.75) is 0 Å². The maximum atomic E-state index is 12.1. The summed E-state index contributed by atoms with van der Waals surface area (Å²) in [7, 11) is 1.44. The number of ketones is 1. The molecule has 2 aromatic rings. The molecule has 20 heavy (non-hydrogen) atoms. The summed E-state index contributed by atoms with van der Waals surface area (Å²) < 4.78 is 5.07.